The minimum Gasteiger partial charge on any atom is -0.492 e. The molecule has 20 heavy (non-hydrogen) atoms. The number of aryl methyl sites for hydroxylation is 1. The van der Waals surface area contributed by atoms with Gasteiger partial charge in [0.15, 0.2) is 0 Å². The molecule has 0 amide bonds. The van der Waals surface area contributed by atoms with Crippen LogP contribution in [0.5, 0.6) is 5.75 Å². The lowest BCUT2D eigenvalue weighted by atomic mass is 9.99. The maximum absolute atomic E-state index is 6.29. The highest BCUT2D eigenvalue weighted by atomic mass is 35.5. The van der Waals surface area contributed by atoms with Crippen LogP contribution in [-0.2, 0) is 0 Å². The molecule has 1 aromatic heterocycles. The molecule has 0 fully saturated rings. The summed E-state index contributed by atoms with van der Waals surface area (Å²) >= 11 is 6.04. The second-order valence-corrected chi connectivity index (χ2v) is 5.20. The van der Waals surface area contributed by atoms with Crippen LogP contribution in [-0.4, -0.2) is 11.6 Å². The number of hydrogen-bond donors (Lipinski definition) is 1. The van der Waals surface area contributed by atoms with E-state index in [9.17, 15) is 0 Å². The number of aromatic nitrogens is 1. The van der Waals surface area contributed by atoms with Crippen LogP contribution in [0, 0.1) is 6.92 Å². The number of nitrogens with zero attached hydrogens (tertiary/aromatic N) is 1. The maximum atomic E-state index is 6.29. The van der Waals surface area contributed by atoms with E-state index in [1.807, 2.05) is 31.2 Å². The number of hydrogen-bond acceptors (Lipinski definition) is 3. The quantitative estimate of drug-likeness (QED) is 0.909. The highest BCUT2D eigenvalue weighted by Gasteiger charge is 2.11. The largest absolute Gasteiger partial charge is 0.492 e. The summed E-state index contributed by atoms with van der Waals surface area (Å²) in [6, 6.07) is 7.53. The SMILES string of the molecule is CCCOc1cncc(C(N)c2ccc(Cl)c(C)c2)c1. The first-order valence-corrected chi connectivity index (χ1v) is 7.09. The van der Waals surface area contributed by atoms with E-state index in [-0.39, 0.29) is 6.04 Å². The van der Waals surface area contributed by atoms with Gasteiger partial charge in [-0.15, -0.1) is 0 Å². The van der Waals surface area contributed by atoms with Crippen LogP contribution in [0.4, 0.5) is 0 Å². The summed E-state index contributed by atoms with van der Waals surface area (Å²) in [7, 11) is 0. The van der Waals surface area contributed by atoms with E-state index < -0.39 is 0 Å². The van der Waals surface area contributed by atoms with Crippen molar-refractivity contribution in [3.05, 3.63) is 58.4 Å². The Kier molecular flexibility index (Phi) is 4.99. The number of halogens is 1. The topological polar surface area (TPSA) is 48.1 Å². The molecule has 0 bridgehead atoms. The summed E-state index contributed by atoms with van der Waals surface area (Å²) in [5.41, 5.74) is 9.26. The molecule has 1 heterocycles. The van der Waals surface area contributed by atoms with Crippen molar-refractivity contribution in [3.8, 4) is 5.75 Å². The summed E-state index contributed by atoms with van der Waals surface area (Å²) in [6.45, 7) is 4.72. The molecule has 2 aromatic rings. The van der Waals surface area contributed by atoms with Crippen LogP contribution in [0.3, 0.4) is 0 Å². The van der Waals surface area contributed by atoms with Crippen LogP contribution in [0.2, 0.25) is 5.02 Å². The number of benzene rings is 1. The molecule has 1 aromatic carbocycles. The lowest BCUT2D eigenvalue weighted by Crippen LogP contribution is -2.12. The van der Waals surface area contributed by atoms with Gasteiger partial charge in [-0.2, -0.15) is 0 Å². The molecule has 1 unspecified atom stereocenters. The van der Waals surface area contributed by atoms with E-state index in [4.69, 9.17) is 22.1 Å². The Morgan fingerprint density at radius 3 is 2.75 bits per heavy atom. The Labute approximate surface area is 124 Å². The monoisotopic (exact) mass is 290 g/mol. The van der Waals surface area contributed by atoms with Gasteiger partial charge < -0.3 is 10.5 Å². The van der Waals surface area contributed by atoms with E-state index in [1.165, 1.54) is 0 Å². The van der Waals surface area contributed by atoms with E-state index in [0.29, 0.717) is 6.61 Å². The molecule has 0 aliphatic rings. The van der Waals surface area contributed by atoms with Gasteiger partial charge in [-0.1, -0.05) is 30.7 Å². The summed E-state index contributed by atoms with van der Waals surface area (Å²) in [5, 5.41) is 0.749. The molecule has 2 rings (SSSR count). The third kappa shape index (κ3) is 3.50. The summed E-state index contributed by atoms with van der Waals surface area (Å²) in [5.74, 6) is 0.755. The average Bonchev–Trinajstić information content (AvgIpc) is 2.47. The molecule has 0 saturated carbocycles. The van der Waals surface area contributed by atoms with Gasteiger partial charge in [0.1, 0.15) is 5.75 Å². The fourth-order valence-corrected chi connectivity index (χ4v) is 2.08. The van der Waals surface area contributed by atoms with Crippen LogP contribution in [0.15, 0.2) is 36.7 Å². The molecule has 1 atom stereocenters. The molecule has 0 aliphatic carbocycles. The number of ether oxygens (including phenoxy) is 1. The summed E-state index contributed by atoms with van der Waals surface area (Å²) < 4.78 is 5.59. The zero-order valence-electron chi connectivity index (χ0n) is 11.8. The zero-order chi connectivity index (χ0) is 14.5. The number of pyridine rings is 1. The molecule has 0 aliphatic heterocycles. The Morgan fingerprint density at radius 1 is 1.25 bits per heavy atom. The highest BCUT2D eigenvalue weighted by Crippen LogP contribution is 2.25. The van der Waals surface area contributed by atoms with Gasteiger partial charge in [-0.3, -0.25) is 4.98 Å². The van der Waals surface area contributed by atoms with E-state index >= 15 is 0 Å². The summed E-state index contributed by atoms with van der Waals surface area (Å²) in [6.07, 6.45) is 4.44. The van der Waals surface area contributed by atoms with Gasteiger partial charge in [0.25, 0.3) is 0 Å². The molecular formula is C16H19ClN2O. The normalized spacial score (nSPS) is 12.2. The zero-order valence-corrected chi connectivity index (χ0v) is 12.5. The van der Waals surface area contributed by atoms with Gasteiger partial charge in [-0.25, -0.2) is 0 Å². The lowest BCUT2D eigenvalue weighted by molar-refractivity contribution is 0.315. The highest BCUT2D eigenvalue weighted by molar-refractivity contribution is 6.31. The first kappa shape index (κ1) is 14.8. The fraction of sp³-hybridized carbons (Fsp3) is 0.312. The van der Waals surface area contributed by atoms with Crippen LogP contribution < -0.4 is 10.5 Å². The molecule has 3 nitrogen and oxygen atoms in total. The van der Waals surface area contributed by atoms with Gasteiger partial charge >= 0.3 is 0 Å². The summed E-state index contributed by atoms with van der Waals surface area (Å²) in [4.78, 5) is 4.19. The van der Waals surface area contributed by atoms with Gasteiger partial charge in [0, 0.05) is 11.2 Å². The Bertz CT molecular complexity index is 586. The molecule has 0 saturated heterocycles. The Balaban J connectivity index is 2.23. The second-order valence-electron chi connectivity index (χ2n) is 4.79. The second kappa shape index (κ2) is 6.73. The molecule has 106 valence electrons. The van der Waals surface area contributed by atoms with Crippen LogP contribution in [0.25, 0.3) is 0 Å². The minimum absolute atomic E-state index is 0.233. The van der Waals surface area contributed by atoms with Crippen molar-refractivity contribution in [2.24, 2.45) is 5.73 Å². The molecule has 0 spiro atoms. The van der Waals surface area contributed by atoms with Gasteiger partial charge in [-0.05, 0) is 42.2 Å². The van der Waals surface area contributed by atoms with Crippen molar-refractivity contribution in [1.82, 2.24) is 4.98 Å². The molecule has 4 heteroatoms. The Morgan fingerprint density at radius 2 is 2.05 bits per heavy atom. The van der Waals surface area contributed by atoms with Crippen molar-refractivity contribution < 1.29 is 4.74 Å². The van der Waals surface area contributed by atoms with Crippen LogP contribution in [0.1, 0.15) is 36.1 Å². The van der Waals surface area contributed by atoms with Gasteiger partial charge in [0.2, 0.25) is 0 Å². The van der Waals surface area contributed by atoms with Crippen molar-refractivity contribution in [1.29, 1.82) is 0 Å². The first-order valence-electron chi connectivity index (χ1n) is 6.71. The van der Waals surface area contributed by atoms with E-state index in [1.54, 1.807) is 12.4 Å². The van der Waals surface area contributed by atoms with Crippen molar-refractivity contribution in [3.63, 3.8) is 0 Å². The van der Waals surface area contributed by atoms with E-state index in [2.05, 4.69) is 11.9 Å². The molecule has 0 radical (unpaired) electrons. The third-order valence-electron chi connectivity index (χ3n) is 3.11. The smallest absolute Gasteiger partial charge is 0.137 e. The standard InChI is InChI=1S/C16H19ClN2O/c1-3-6-20-14-8-13(9-19-10-14)16(18)12-4-5-15(17)11(2)7-12/h4-5,7-10,16H,3,6,18H2,1-2H3. The number of rotatable bonds is 5. The number of nitrogens with two attached hydrogens (primary N) is 1. The van der Waals surface area contributed by atoms with Gasteiger partial charge in [0.05, 0.1) is 18.8 Å². The first-order chi connectivity index (χ1) is 9.61. The molecular weight excluding hydrogens is 272 g/mol. The van der Waals surface area contributed by atoms with Crippen molar-refractivity contribution >= 4 is 11.6 Å². The van der Waals surface area contributed by atoms with Crippen LogP contribution >= 0.6 is 11.6 Å². The third-order valence-corrected chi connectivity index (χ3v) is 3.53. The maximum Gasteiger partial charge on any atom is 0.137 e. The Hall–Kier alpha value is -1.58. The fourth-order valence-electron chi connectivity index (χ4n) is 1.96. The molecule has 2 N–H and O–H groups in total. The van der Waals surface area contributed by atoms with Crippen molar-refractivity contribution in [2.75, 3.05) is 6.61 Å². The average molecular weight is 291 g/mol. The predicted octanol–water partition coefficient (Wildman–Crippen LogP) is 3.88. The van der Waals surface area contributed by atoms with E-state index in [0.717, 1.165) is 33.9 Å². The van der Waals surface area contributed by atoms with Crippen molar-refractivity contribution in [2.45, 2.75) is 26.3 Å². The minimum atomic E-state index is -0.233. The lowest BCUT2D eigenvalue weighted by Gasteiger charge is -2.14. The predicted molar refractivity (Wildman–Crippen MR) is 82.2 cm³/mol.